The quantitative estimate of drug-likeness (QED) is 0.249. The Morgan fingerprint density at radius 3 is 1.55 bits per heavy atom. The molecule has 0 aliphatic carbocycles. The monoisotopic (exact) mass is 474 g/mol. The molecule has 0 aliphatic heterocycles. The van der Waals surface area contributed by atoms with E-state index in [1.165, 1.54) is 12.8 Å². The maximum Gasteiger partial charge on any atom is 0.217 e. The van der Waals surface area contributed by atoms with Gasteiger partial charge in [-0.2, -0.15) is 0 Å². The van der Waals surface area contributed by atoms with Crippen molar-refractivity contribution in [2.24, 2.45) is 0 Å². The van der Waals surface area contributed by atoms with E-state index in [2.05, 4.69) is 106 Å². The lowest BCUT2D eigenvalue weighted by Crippen LogP contribution is -2.60. The van der Waals surface area contributed by atoms with Crippen molar-refractivity contribution in [1.29, 1.82) is 0 Å². The fourth-order valence-corrected chi connectivity index (χ4v) is 21.6. The first-order valence-electron chi connectivity index (χ1n) is 11.9. The van der Waals surface area contributed by atoms with Gasteiger partial charge in [0.2, 0.25) is 8.32 Å². The molecule has 0 heterocycles. The summed E-state index contributed by atoms with van der Waals surface area (Å²) in [6, 6.07) is 0. The highest BCUT2D eigenvalue weighted by Gasteiger charge is 2.56. The van der Waals surface area contributed by atoms with E-state index in [9.17, 15) is 0 Å². The van der Waals surface area contributed by atoms with Gasteiger partial charge in [0.25, 0.3) is 0 Å². The summed E-state index contributed by atoms with van der Waals surface area (Å²) in [5.41, 5.74) is 3.11. The van der Waals surface area contributed by atoms with E-state index in [1.54, 1.807) is 0 Å². The fraction of sp³-hybridized carbons (Fsp3) is 0.913. The highest BCUT2D eigenvalue weighted by Crippen LogP contribution is 2.54. The average molecular weight is 475 g/mol. The van der Waals surface area contributed by atoms with Crippen molar-refractivity contribution in [2.75, 3.05) is 0 Å². The average Bonchev–Trinajstić information content (AvgIpc) is 2.58. The maximum absolute atomic E-state index is 7.25. The van der Waals surface area contributed by atoms with Crippen molar-refractivity contribution in [3.05, 3.63) is 12.3 Å². The normalized spacial score (nSPS) is 19.4. The number of hydrogen-bond acceptors (Lipinski definition) is 2. The maximum atomic E-state index is 7.25. The van der Waals surface area contributed by atoms with Crippen LogP contribution < -0.4 is 0 Å². The third kappa shape index (κ3) is 6.51. The second-order valence-corrected chi connectivity index (χ2v) is 31.6. The van der Waals surface area contributed by atoms with Crippen molar-refractivity contribution in [1.82, 2.24) is 0 Å². The molecule has 0 aliphatic rings. The molecule has 29 heavy (non-hydrogen) atoms. The summed E-state index contributed by atoms with van der Waals surface area (Å²) in [4.78, 5) is 0. The minimum absolute atomic E-state index is 0.258. The van der Waals surface area contributed by atoms with Crippen LogP contribution in [0.5, 0.6) is 0 Å². The molecule has 4 atom stereocenters. The van der Waals surface area contributed by atoms with Crippen molar-refractivity contribution in [2.45, 2.75) is 135 Å². The molecule has 0 aromatic carbocycles. The molecule has 0 amide bonds. The molecule has 0 N–H and O–H groups in total. The molecule has 0 fully saturated rings. The largest absolute Gasteiger partial charge is 0.417 e. The van der Waals surface area contributed by atoms with E-state index in [4.69, 9.17) is 8.85 Å². The van der Waals surface area contributed by atoms with Crippen LogP contribution >= 0.6 is 0 Å². The van der Waals surface area contributed by atoms with Crippen molar-refractivity contribution >= 4 is 32.8 Å². The first kappa shape index (κ1) is 29.5. The zero-order valence-electron chi connectivity index (χ0n) is 22.5. The molecule has 0 aromatic heterocycles. The van der Waals surface area contributed by atoms with E-state index >= 15 is 0 Å². The van der Waals surface area contributed by atoms with Crippen LogP contribution in [0.3, 0.4) is 0 Å². The first-order valence-corrected chi connectivity index (χ1v) is 24.4. The van der Waals surface area contributed by atoms with Gasteiger partial charge in [0.15, 0.2) is 8.32 Å². The molecule has 6 heteroatoms. The third-order valence-electron chi connectivity index (χ3n) is 8.14. The van der Waals surface area contributed by atoms with E-state index in [1.807, 2.05) is 0 Å². The Bertz CT molecular complexity index is 518. The summed E-state index contributed by atoms with van der Waals surface area (Å²) >= 11 is 0. The van der Waals surface area contributed by atoms with E-state index in [0.29, 0.717) is 15.9 Å². The Labute approximate surface area is 188 Å². The smallest absolute Gasteiger partial charge is 0.217 e. The lowest BCUT2D eigenvalue weighted by atomic mass is 10.2. The molecule has 174 valence electrons. The molecule has 0 bridgehead atoms. The second-order valence-electron chi connectivity index (χ2n) is 11.9. The highest BCUT2D eigenvalue weighted by molar-refractivity contribution is 6.99. The minimum Gasteiger partial charge on any atom is -0.417 e. The second kappa shape index (κ2) is 10.4. The van der Waals surface area contributed by atoms with Crippen LogP contribution in [0.15, 0.2) is 12.3 Å². The molecular weight excluding hydrogens is 421 g/mol. The topological polar surface area (TPSA) is 18.5 Å². The standard InChI is InChI=1S/C23H54O2Si4/c1-16-22(20(5)28(13,14)24-21(6)26(7,8)9)25-29(15,19-4)23(17-2,18-3)27(10,11)12/h19-22H,4,16-18H2,1-3,5-15H3. The first-order chi connectivity index (χ1) is 12.9. The van der Waals surface area contributed by atoms with E-state index < -0.39 is 32.8 Å². The summed E-state index contributed by atoms with van der Waals surface area (Å²) in [6.07, 6.45) is 3.70. The minimum atomic E-state index is -2.14. The van der Waals surface area contributed by atoms with Gasteiger partial charge in [-0.3, -0.25) is 0 Å². The fourth-order valence-electron chi connectivity index (χ4n) is 5.15. The van der Waals surface area contributed by atoms with Crippen LogP contribution in [0, 0.1) is 0 Å². The summed E-state index contributed by atoms with van der Waals surface area (Å²) in [7, 11) is -6.80. The highest BCUT2D eigenvalue weighted by atomic mass is 28.4. The number of hydrogen-bond donors (Lipinski definition) is 0. The molecule has 0 radical (unpaired) electrons. The summed E-state index contributed by atoms with van der Waals surface area (Å²) in [6.45, 7) is 38.1. The Morgan fingerprint density at radius 2 is 1.28 bits per heavy atom. The molecule has 0 spiro atoms. The zero-order chi connectivity index (χ0) is 23.5. The van der Waals surface area contributed by atoms with Gasteiger partial charge in [-0.15, -0.1) is 6.58 Å². The lowest BCUT2D eigenvalue weighted by Gasteiger charge is -2.54. The van der Waals surface area contributed by atoms with Gasteiger partial charge in [0.1, 0.15) is 0 Å². The molecule has 2 nitrogen and oxygen atoms in total. The van der Waals surface area contributed by atoms with Gasteiger partial charge in [0, 0.05) is 11.8 Å². The lowest BCUT2D eigenvalue weighted by molar-refractivity contribution is 0.158. The molecule has 0 rings (SSSR count). The van der Waals surface area contributed by atoms with E-state index in [0.717, 1.165) is 6.42 Å². The predicted octanol–water partition coefficient (Wildman–Crippen LogP) is 8.40. The molecule has 0 aromatic rings. The Hall–Kier alpha value is 0.528. The van der Waals surface area contributed by atoms with Gasteiger partial charge in [-0.1, -0.05) is 85.5 Å². The summed E-state index contributed by atoms with van der Waals surface area (Å²) in [5.74, 6) is 0. The molecule has 4 unspecified atom stereocenters. The van der Waals surface area contributed by atoms with Gasteiger partial charge >= 0.3 is 0 Å². The van der Waals surface area contributed by atoms with Gasteiger partial charge < -0.3 is 8.85 Å². The zero-order valence-corrected chi connectivity index (χ0v) is 26.5. The van der Waals surface area contributed by atoms with Crippen molar-refractivity contribution in [3.63, 3.8) is 0 Å². The summed E-state index contributed by atoms with van der Waals surface area (Å²) < 4.78 is 14.4. The van der Waals surface area contributed by atoms with Crippen LogP contribution in [0.25, 0.3) is 0 Å². The molecule has 0 saturated carbocycles. The van der Waals surface area contributed by atoms with Crippen LogP contribution in [-0.2, 0) is 8.85 Å². The Morgan fingerprint density at radius 1 is 0.828 bits per heavy atom. The Balaban J connectivity index is 5.94. The van der Waals surface area contributed by atoms with Crippen LogP contribution in [0.4, 0.5) is 0 Å². The van der Waals surface area contributed by atoms with Crippen LogP contribution in [0.2, 0.25) is 69.1 Å². The van der Waals surface area contributed by atoms with E-state index in [-0.39, 0.29) is 6.10 Å². The van der Waals surface area contributed by atoms with Gasteiger partial charge in [0.05, 0.1) is 16.1 Å². The molecule has 0 saturated heterocycles. The SMILES string of the molecule is C=C[Si](C)(OC(CC)C(C)[Si](C)(C)OC(C)[Si](C)(C)C)C(CC)(CC)[Si](C)(C)C. The van der Waals surface area contributed by atoms with Crippen LogP contribution in [-0.4, -0.2) is 44.6 Å². The molecular formula is C23H54O2Si4. The Kier molecular flexibility index (Phi) is 10.6. The van der Waals surface area contributed by atoms with Crippen molar-refractivity contribution < 1.29 is 8.85 Å². The van der Waals surface area contributed by atoms with Crippen LogP contribution in [0.1, 0.15) is 53.9 Å². The third-order valence-corrected chi connectivity index (χ3v) is 26.0. The van der Waals surface area contributed by atoms with Gasteiger partial charge in [-0.25, -0.2) is 0 Å². The van der Waals surface area contributed by atoms with Gasteiger partial charge in [-0.05, 0) is 43.2 Å². The van der Waals surface area contributed by atoms with Crippen molar-refractivity contribution in [3.8, 4) is 0 Å². The summed E-state index contributed by atoms with van der Waals surface area (Å²) in [5, 5.41) is 0. The number of rotatable bonds is 13. The predicted molar refractivity (Wildman–Crippen MR) is 144 cm³/mol.